The highest BCUT2D eigenvalue weighted by molar-refractivity contribution is 7.89. The monoisotopic (exact) mass is 263 g/mol. The molecule has 0 saturated carbocycles. The molecule has 7 heteroatoms. The standard InChI is InChI=1S/C9H13NO4S2/c1-2-7-10-16(13,14)9-5-3-8(4-6-9)15(11)12/h3-6,10H,2,7H2,1H3,(H,11,12). The summed E-state index contributed by atoms with van der Waals surface area (Å²) < 4.78 is 45.1. The molecule has 0 amide bonds. The van der Waals surface area contributed by atoms with Crippen LogP contribution in [0.25, 0.3) is 0 Å². The molecule has 0 saturated heterocycles. The van der Waals surface area contributed by atoms with Crippen LogP contribution in [-0.4, -0.2) is 23.7 Å². The van der Waals surface area contributed by atoms with Crippen molar-refractivity contribution >= 4 is 21.1 Å². The summed E-state index contributed by atoms with van der Waals surface area (Å²) in [7, 11) is -3.50. The van der Waals surface area contributed by atoms with Crippen molar-refractivity contribution in [3.05, 3.63) is 24.3 Å². The third-order valence-electron chi connectivity index (χ3n) is 1.88. The molecule has 0 aromatic heterocycles. The predicted octanol–water partition coefficient (Wildman–Crippen LogP) is 0.956. The third kappa shape index (κ3) is 3.38. The van der Waals surface area contributed by atoms with E-state index in [2.05, 4.69) is 4.72 Å². The lowest BCUT2D eigenvalue weighted by molar-refractivity contribution is 0.563. The lowest BCUT2D eigenvalue weighted by atomic mass is 10.4. The molecule has 0 fully saturated rings. The molecule has 1 aromatic carbocycles. The van der Waals surface area contributed by atoms with Gasteiger partial charge in [-0.25, -0.2) is 17.3 Å². The summed E-state index contributed by atoms with van der Waals surface area (Å²) in [6, 6.07) is 5.25. The fourth-order valence-electron chi connectivity index (χ4n) is 1.05. The normalized spacial score (nSPS) is 13.6. The van der Waals surface area contributed by atoms with E-state index in [1.54, 1.807) is 0 Å². The van der Waals surface area contributed by atoms with E-state index >= 15 is 0 Å². The van der Waals surface area contributed by atoms with Gasteiger partial charge >= 0.3 is 0 Å². The summed E-state index contributed by atoms with van der Waals surface area (Å²) in [5, 5.41) is 0. The van der Waals surface area contributed by atoms with Crippen molar-refractivity contribution in [2.75, 3.05) is 6.54 Å². The van der Waals surface area contributed by atoms with Crippen molar-refractivity contribution < 1.29 is 17.2 Å². The van der Waals surface area contributed by atoms with Crippen LogP contribution >= 0.6 is 0 Å². The van der Waals surface area contributed by atoms with Gasteiger partial charge in [-0.05, 0) is 30.7 Å². The van der Waals surface area contributed by atoms with Gasteiger partial charge in [0.05, 0.1) is 9.79 Å². The average molecular weight is 263 g/mol. The minimum absolute atomic E-state index is 0.0927. The number of rotatable bonds is 5. The van der Waals surface area contributed by atoms with E-state index in [0.717, 1.165) is 0 Å². The van der Waals surface area contributed by atoms with Crippen LogP contribution in [0.5, 0.6) is 0 Å². The summed E-state index contributed by atoms with van der Waals surface area (Å²) in [6.07, 6.45) is 0.706. The Morgan fingerprint density at radius 2 is 1.88 bits per heavy atom. The van der Waals surface area contributed by atoms with E-state index in [9.17, 15) is 12.6 Å². The van der Waals surface area contributed by atoms with Crippen molar-refractivity contribution in [2.24, 2.45) is 0 Å². The second-order valence-electron chi connectivity index (χ2n) is 3.12. The van der Waals surface area contributed by atoms with Gasteiger partial charge in [-0.3, -0.25) is 0 Å². The Morgan fingerprint density at radius 3 is 2.31 bits per heavy atom. The summed E-state index contributed by atoms with van der Waals surface area (Å²) in [5.41, 5.74) is 0. The van der Waals surface area contributed by atoms with Crippen LogP contribution in [0.3, 0.4) is 0 Å². The molecule has 0 bridgehead atoms. The van der Waals surface area contributed by atoms with Crippen molar-refractivity contribution in [1.29, 1.82) is 0 Å². The van der Waals surface area contributed by atoms with E-state index in [0.29, 0.717) is 13.0 Å². The quantitative estimate of drug-likeness (QED) is 0.775. The Kier molecular flexibility index (Phi) is 4.60. The highest BCUT2D eigenvalue weighted by atomic mass is 32.2. The van der Waals surface area contributed by atoms with Crippen LogP contribution in [-0.2, 0) is 21.1 Å². The fourth-order valence-corrected chi connectivity index (χ4v) is 2.56. The number of hydrogen-bond donors (Lipinski definition) is 2. The van der Waals surface area contributed by atoms with Crippen molar-refractivity contribution in [1.82, 2.24) is 4.72 Å². The smallest absolute Gasteiger partial charge is 0.240 e. The van der Waals surface area contributed by atoms with Crippen LogP contribution in [0.4, 0.5) is 0 Å². The zero-order chi connectivity index (χ0) is 12.2. The maximum absolute atomic E-state index is 11.6. The molecule has 1 aromatic rings. The molecule has 16 heavy (non-hydrogen) atoms. The maximum Gasteiger partial charge on any atom is 0.240 e. The zero-order valence-corrected chi connectivity index (χ0v) is 10.3. The molecular formula is C9H13NO4S2. The Bertz CT molecular complexity index is 467. The van der Waals surface area contributed by atoms with E-state index < -0.39 is 21.1 Å². The Labute approximate surface area is 97.2 Å². The molecule has 1 atom stereocenters. The molecule has 0 aliphatic carbocycles. The average Bonchev–Trinajstić information content (AvgIpc) is 2.26. The highest BCUT2D eigenvalue weighted by Gasteiger charge is 2.12. The van der Waals surface area contributed by atoms with Gasteiger partial charge in [-0.2, -0.15) is 0 Å². The van der Waals surface area contributed by atoms with E-state index in [1.807, 2.05) is 6.92 Å². The summed E-state index contributed by atoms with van der Waals surface area (Å²) in [4.78, 5) is 0.268. The molecule has 5 nitrogen and oxygen atoms in total. The Hall–Kier alpha value is -0.760. The van der Waals surface area contributed by atoms with Crippen molar-refractivity contribution in [3.63, 3.8) is 0 Å². The summed E-state index contributed by atoms with van der Waals surface area (Å²) >= 11 is -2.08. The molecule has 1 unspecified atom stereocenters. The van der Waals surface area contributed by atoms with Gasteiger partial charge in [0.15, 0.2) is 11.1 Å². The molecule has 0 aliphatic heterocycles. The minimum Gasteiger partial charge on any atom is -0.302 e. The number of hydrogen-bond acceptors (Lipinski definition) is 3. The van der Waals surface area contributed by atoms with Crippen LogP contribution in [0.15, 0.2) is 34.1 Å². The number of nitrogens with one attached hydrogen (secondary N) is 1. The molecule has 0 spiro atoms. The van der Waals surface area contributed by atoms with Gasteiger partial charge in [0.25, 0.3) is 0 Å². The van der Waals surface area contributed by atoms with E-state index in [4.69, 9.17) is 4.55 Å². The van der Waals surface area contributed by atoms with Crippen LogP contribution in [0.1, 0.15) is 13.3 Å². The van der Waals surface area contributed by atoms with Crippen LogP contribution in [0, 0.1) is 0 Å². The predicted molar refractivity (Wildman–Crippen MR) is 61.0 cm³/mol. The Morgan fingerprint density at radius 1 is 1.31 bits per heavy atom. The molecular weight excluding hydrogens is 250 g/mol. The molecule has 0 aliphatic rings. The van der Waals surface area contributed by atoms with E-state index in [-0.39, 0.29) is 9.79 Å². The number of benzene rings is 1. The second kappa shape index (κ2) is 5.53. The summed E-state index contributed by atoms with van der Waals surface area (Å²) in [6.45, 7) is 2.23. The van der Waals surface area contributed by atoms with Gasteiger partial charge in [-0.1, -0.05) is 6.92 Å². The molecule has 1 rings (SSSR count). The molecule has 2 N–H and O–H groups in total. The topological polar surface area (TPSA) is 83.5 Å². The lowest BCUT2D eigenvalue weighted by Gasteiger charge is -2.05. The third-order valence-corrected chi connectivity index (χ3v) is 4.03. The van der Waals surface area contributed by atoms with Gasteiger partial charge in [0.1, 0.15) is 0 Å². The SMILES string of the molecule is CCCNS(=O)(=O)c1ccc(S(=O)O)cc1. The zero-order valence-electron chi connectivity index (χ0n) is 8.71. The number of sulfonamides is 1. The fraction of sp³-hybridized carbons (Fsp3) is 0.333. The van der Waals surface area contributed by atoms with E-state index in [1.165, 1.54) is 24.3 Å². The first-order valence-electron chi connectivity index (χ1n) is 4.68. The van der Waals surface area contributed by atoms with Crippen molar-refractivity contribution in [2.45, 2.75) is 23.1 Å². The lowest BCUT2D eigenvalue weighted by Crippen LogP contribution is -2.24. The molecule has 0 radical (unpaired) electrons. The highest BCUT2D eigenvalue weighted by Crippen LogP contribution is 2.12. The van der Waals surface area contributed by atoms with Gasteiger partial charge in [0.2, 0.25) is 10.0 Å². The first kappa shape index (κ1) is 13.3. The molecule has 90 valence electrons. The Balaban J connectivity index is 2.93. The summed E-state index contributed by atoms with van der Waals surface area (Å²) in [5.74, 6) is 0. The molecule has 0 heterocycles. The largest absolute Gasteiger partial charge is 0.302 e. The van der Waals surface area contributed by atoms with Crippen LogP contribution in [0.2, 0.25) is 0 Å². The van der Waals surface area contributed by atoms with Crippen LogP contribution < -0.4 is 4.72 Å². The van der Waals surface area contributed by atoms with Gasteiger partial charge in [0, 0.05) is 6.54 Å². The second-order valence-corrected chi connectivity index (χ2v) is 5.86. The van der Waals surface area contributed by atoms with Crippen molar-refractivity contribution in [3.8, 4) is 0 Å². The first-order chi connectivity index (χ1) is 7.47. The van der Waals surface area contributed by atoms with Gasteiger partial charge < -0.3 is 4.55 Å². The van der Waals surface area contributed by atoms with Gasteiger partial charge in [-0.15, -0.1) is 0 Å². The first-order valence-corrected chi connectivity index (χ1v) is 7.27. The minimum atomic E-state index is -3.50. The maximum atomic E-state index is 11.6.